The van der Waals surface area contributed by atoms with Crippen LogP contribution in [0.25, 0.3) is 11.1 Å². The molecule has 0 saturated heterocycles. The quantitative estimate of drug-likeness (QED) is 0.702. The molecule has 0 spiro atoms. The van der Waals surface area contributed by atoms with E-state index in [-0.39, 0.29) is 11.7 Å². The molecular formula is C20H21N3O3. The zero-order chi connectivity index (χ0) is 17.8. The van der Waals surface area contributed by atoms with Crippen LogP contribution in [-0.2, 0) is 6.54 Å². The molecule has 1 aromatic carbocycles. The lowest BCUT2D eigenvalue weighted by atomic mass is 10.1. The Hall–Kier alpha value is -3.02. The van der Waals surface area contributed by atoms with Crippen molar-refractivity contribution in [2.24, 2.45) is 0 Å². The second-order valence-corrected chi connectivity index (χ2v) is 6.49. The Morgan fingerprint density at radius 3 is 2.73 bits per heavy atom. The van der Waals surface area contributed by atoms with Crippen molar-refractivity contribution in [3.8, 4) is 17.0 Å². The van der Waals surface area contributed by atoms with Gasteiger partial charge in [-0.1, -0.05) is 12.1 Å². The molecular weight excluding hydrogens is 330 g/mol. The molecule has 2 N–H and O–H groups in total. The highest BCUT2D eigenvalue weighted by molar-refractivity contribution is 5.70. The lowest BCUT2D eigenvalue weighted by molar-refractivity contribution is 0.202. The third-order valence-corrected chi connectivity index (χ3v) is 4.59. The van der Waals surface area contributed by atoms with Gasteiger partial charge in [-0.3, -0.25) is 4.79 Å². The van der Waals surface area contributed by atoms with Crippen molar-refractivity contribution in [3.63, 3.8) is 0 Å². The van der Waals surface area contributed by atoms with Crippen molar-refractivity contribution in [1.29, 1.82) is 0 Å². The molecule has 134 valence electrons. The monoisotopic (exact) mass is 351 g/mol. The molecule has 0 radical (unpaired) electrons. The summed E-state index contributed by atoms with van der Waals surface area (Å²) >= 11 is 0. The van der Waals surface area contributed by atoms with E-state index in [0.29, 0.717) is 18.2 Å². The zero-order valence-electron chi connectivity index (χ0n) is 14.4. The van der Waals surface area contributed by atoms with Gasteiger partial charge >= 0.3 is 0 Å². The summed E-state index contributed by atoms with van der Waals surface area (Å²) in [7, 11) is 0. The van der Waals surface area contributed by atoms with Crippen molar-refractivity contribution >= 4 is 5.69 Å². The maximum Gasteiger partial charge on any atom is 0.280 e. The van der Waals surface area contributed by atoms with Crippen LogP contribution in [0.5, 0.6) is 5.88 Å². The number of aromatic amines is 1. The number of hydrogen-bond donors (Lipinski definition) is 2. The highest BCUT2D eigenvalue weighted by atomic mass is 16.5. The third-order valence-electron chi connectivity index (χ3n) is 4.59. The van der Waals surface area contributed by atoms with E-state index in [9.17, 15) is 4.79 Å². The van der Waals surface area contributed by atoms with Gasteiger partial charge in [0.1, 0.15) is 6.10 Å². The van der Waals surface area contributed by atoms with Gasteiger partial charge in [-0.25, -0.2) is 4.98 Å². The molecule has 1 saturated carbocycles. The van der Waals surface area contributed by atoms with Crippen molar-refractivity contribution in [1.82, 2.24) is 10.1 Å². The lowest BCUT2D eigenvalue weighted by Gasteiger charge is -2.15. The van der Waals surface area contributed by atoms with Crippen LogP contribution in [0, 0.1) is 0 Å². The molecule has 1 aliphatic carbocycles. The predicted octanol–water partition coefficient (Wildman–Crippen LogP) is 3.96. The lowest BCUT2D eigenvalue weighted by Crippen LogP contribution is -2.12. The van der Waals surface area contributed by atoms with Gasteiger partial charge in [0.15, 0.2) is 5.76 Å². The molecule has 0 atom stereocenters. The molecule has 1 aliphatic rings. The largest absolute Gasteiger partial charge is 0.474 e. The number of hydrogen-bond acceptors (Lipinski definition) is 5. The Morgan fingerprint density at radius 2 is 2.00 bits per heavy atom. The number of nitrogens with one attached hydrogen (secondary N) is 2. The van der Waals surface area contributed by atoms with Gasteiger partial charge in [0.2, 0.25) is 5.88 Å². The zero-order valence-corrected chi connectivity index (χ0v) is 14.4. The van der Waals surface area contributed by atoms with Gasteiger partial charge in [-0.2, -0.15) is 5.16 Å². The first-order valence-corrected chi connectivity index (χ1v) is 8.91. The number of aromatic nitrogens is 2. The van der Waals surface area contributed by atoms with E-state index in [4.69, 9.17) is 9.26 Å². The molecule has 6 heteroatoms. The standard InChI is InChI=1S/C20H21N3O3/c24-19-12-17(26-23-19)13-22-15-9-7-14(8-10-15)18-6-3-11-21-20(18)25-16-4-1-2-5-16/h3,6-12,16,22H,1-2,4-5,13H2,(H,23,24). The molecule has 3 aromatic rings. The van der Waals surface area contributed by atoms with Crippen LogP contribution in [0.15, 0.2) is 58.0 Å². The van der Waals surface area contributed by atoms with Gasteiger partial charge in [0.25, 0.3) is 5.56 Å². The average Bonchev–Trinajstić information content (AvgIpc) is 3.33. The summed E-state index contributed by atoms with van der Waals surface area (Å²) in [5.41, 5.74) is 2.77. The molecule has 4 rings (SSSR count). The van der Waals surface area contributed by atoms with E-state index in [2.05, 4.69) is 15.5 Å². The first-order chi connectivity index (χ1) is 12.8. The van der Waals surface area contributed by atoms with Gasteiger partial charge in [-0.05, 0) is 55.5 Å². The summed E-state index contributed by atoms with van der Waals surface area (Å²) in [6, 6.07) is 13.5. The van der Waals surface area contributed by atoms with E-state index in [0.717, 1.165) is 29.7 Å². The third kappa shape index (κ3) is 3.79. The highest BCUT2D eigenvalue weighted by Crippen LogP contribution is 2.32. The molecule has 2 heterocycles. The summed E-state index contributed by atoms with van der Waals surface area (Å²) in [6.07, 6.45) is 6.72. The van der Waals surface area contributed by atoms with Crippen molar-refractivity contribution in [2.75, 3.05) is 5.32 Å². The fraction of sp³-hybridized carbons (Fsp3) is 0.300. The highest BCUT2D eigenvalue weighted by Gasteiger charge is 2.19. The Bertz CT molecular complexity index is 908. The van der Waals surface area contributed by atoms with Crippen molar-refractivity contribution in [2.45, 2.75) is 38.3 Å². The minimum atomic E-state index is -0.233. The number of pyridine rings is 1. The van der Waals surface area contributed by atoms with Crippen molar-refractivity contribution in [3.05, 3.63) is 64.8 Å². The smallest absolute Gasteiger partial charge is 0.280 e. The summed E-state index contributed by atoms with van der Waals surface area (Å²) in [5, 5.41) is 5.51. The molecule has 0 bridgehead atoms. The minimum Gasteiger partial charge on any atom is -0.474 e. The number of ether oxygens (including phenoxy) is 1. The maximum atomic E-state index is 11.1. The Morgan fingerprint density at radius 1 is 1.19 bits per heavy atom. The second kappa shape index (κ2) is 7.47. The average molecular weight is 351 g/mol. The van der Waals surface area contributed by atoms with Crippen LogP contribution in [0.1, 0.15) is 31.4 Å². The molecule has 2 aromatic heterocycles. The van der Waals surface area contributed by atoms with E-state index in [1.165, 1.54) is 18.9 Å². The minimum absolute atomic E-state index is 0.233. The first-order valence-electron chi connectivity index (χ1n) is 8.91. The number of H-pyrrole nitrogens is 1. The number of anilines is 1. The molecule has 0 aliphatic heterocycles. The number of benzene rings is 1. The second-order valence-electron chi connectivity index (χ2n) is 6.49. The summed E-state index contributed by atoms with van der Waals surface area (Å²) < 4.78 is 11.2. The Labute approximate surface area is 151 Å². The molecule has 0 amide bonds. The fourth-order valence-corrected chi connectivity index (χ4v) is 3.23. The van der Waals surface area contributed by atoms with Crippen LogP contribution in [0.3, 0.4) is 0 Å². The maximum absolute atomic E-state index is 11.1. The molecule has 1 fully saturated rings. The van der Waals surface area contributed by atoms with Crippen LogP contribution in [0.4, 0.5) is 5.69 Å². The SMILES string of the molecule is O=c1cc(CNc2ccc(-c3cccnc3OC3CCCC3)cc2)o[nH]1. The summed E-state index contributed by atoms with van der Waals surface area (Å²) in [6.45, 7) is 0.445. The van der Waals surface area contributed by atoms with Crippen LogP contribution >= 0.6 is 0 Å². The van der Waals surface area contributed by atoms with Gasteiger partial charge in [0.05, 0.1) is 6.54 Å². The predicted molar refractivity (Wildman–Crippen MR) is 99.2 cm³/mol. The van der Waals surface area contributed by atoms with E-state index in [1.807, 2.05) is 36.4 Å². The van der Waals surface area contributed by atoms with Crippen LogP contribution < -0.4 is 15.6 Å². The normalized spacial score (nSPS) is 14.5. The van der Waals surface area contributed by atoms with Crippen LogP contribution in [-0.4, -0.2) is 16.2 Å². The van der Waals surface area contributed by atoms with Crippen LogP contribution in [0.2, 0.25) is 0 Å². The number of rotatable bonds is 6. The van der Waals surface area contributed by atoms with E-state index >= 15 is 0 Å². The first kappa shape index (κ1) is 16.4. The van der Waals surface area contributed by atoms with E-state index < -0.39 is 0 Å². The van der Waals surface area contributed by atoms with Gasteiger partial charge in [-0.15, -0.1) is 0 Å². The number of nitrogens with zero attached hydrogens (tertiary/aromatic N) is 1. The summed E-state index contributed by atoms with van der Waals surface area (Å²) in [5.74, 6) is 1.27. The van der Waals surface area contributed by atoms with Gasteiger partial charge in [0, 0.05) is 23.5 Å². The molecule has 6 nitrogen and oxygen atoms in total. The Kier molecular flexibility index (Phi) is 4.73. The summed E-state index contributed by atoms with van der Waals surface area (Å²) in [4.78, 5) is 15.5. The van der Waals surface area contributed by atoms with Crippen molar-refractivity contribution < 1.29 is 9.26 Å². The Balaban J connectivity index is 1.47. The molecule has 26 heavy (non-hydrogen) atoms. The van der Waals surface area contributed by atoms with Gasteiger partial charge < -0.3 is 14.6 Å². The fourth-order valence-electron chi connectivity index (χ4n) is 3.23. The topological polar surface area (TPSA) is 80.2 Å². The van der Waals surface area contributed by atoms with E-state index in [1.54, 1.807) is 6.20 Å². The molecule has 0 unspecified atom stereocenters.